The fourth-order valence-corrected chi connectivity index (χ4v) is 2.64. The third kappa shape index (κ3) is 8.70. The van der Waals surface area contributed by atoms with E-state index in [1.165, 1.54) is 0 Å². The predicted molar refractivity (Wildman–Crippen MR) is 113 cm³/mol. The number of nitrogens with zero attached hydrogens (tertiary/aromatic N) is 3. The summed E-state index contributed by atoms with van der Waals surface area (Å²) < 4.78 is 10.8. The van der Waals surface area contributed by atoms with Crippen molar-refractivity contribution in [1.82, 2.24) is 9.80 Å². The van der Waals surface area contributed by atoms with E-state index in [1.54, 1.807) is 7.11 Å². The molecule has 0 saturated carbocycles. The summed E-state index contributed by atoms with van der Waals surface area (Å²) in [7, 11) is 1.74. The van der Waals surface area contributed by atoms with Crippen molar-refractivity contribution in [3.8, 4) is 0 Å². The van der Waals surface area contributed by atoms with E-state index < -0.39 is 0 Å². The zero-order valence-electron chi connectivity index (χ0n) is 13.0. The first-order valence-electron chi connectivity index (χ1n) is 6.92. The fourth-order valence-electron chi connectivity index (χ4n) is 1.98. The van der Waals surface area contributed by atoms with E-state index >= 15 is 0 Å². The third-order valence-electron chi connectivity index (χ3n) is 2.83. The van der Waals surface area contributed by atoms with Crippen LogP contribution in [-0.2, 0) is 9.47 Å². The van der Waals surface area contributed by atoms with Gasteiger partial charge in [0.05, 0.1) is 18.8 Å². The second kappa shape index (κ2) is 9.02. The van der Waals surface area contributed by atoms with E-state index in [1.807, 2.05) is 0 Å². The lowest BCUT2D eigenvalue weighted by Gasteiger charge is -2.27. The van der Waals surface area contributed by atoms with Gasteiger partial charge in [0.15, 0.2) is 5.96 Å². The van der Waals surface area contributed by atoms with Crippen LogP contribution in [0.15, 0.2) is 4.99 Å². The summed E-state index contributed by atoms with van der Waals surface area (Å²) in [5, 5.41) is 0. The molecule has 0 spiro atoms. The van der Waals surface area contributed by atoms with Crippen LogP contribution in [0.5, 0.6) is 0 Å². The van der Waals surface area contributed by atoms with E-state index in [4.69, 9.17) is 14.5 Å². The van der Waals surface area contributed by atoms with Gasteiger partial charge in [-0.05, 0) is 88.5 Å². The zero-order chi connectivity index (χ0) is 16.1. The molecule has 0 aromatic carbocycles. The Kier molecular flexibility index (Phi) is 8.77. The van der Waals surface area contributed by atoms with Gasteiger partial charge >= 0.3 is 0 Å². The molecule has 124 valence electrons. The van der Waals surface area contributed by atoms with E-state index in [2.05, 4.69) is 98.3 Å². The molecule has 1 rings (SSSR count). The van der Waals surface area contributed by atoms with Gasteiger partial charge in [0, 0.05) is 33.3 Å². The molecule has 0 bridgehead atoms. The van der Waals surface area contributed by atoms with Gasteiger partial charge < -0.3 is 19.3 Å². The first-order chi connectivity index (χ1) is 9.62. The van der Waals surface area contributed by atoms with Crippen molar-refractivity contribution in [3.05, 3.63) is 0 Å². The lowest BCUT2D eigenvalue weighted by Crippen LogP contribution is -2.39. The van der Waals surface area contributed by atoms with Crippen molar-refractivity contribution in [2.24, 2.45) is 4.99 Å². The standard InChI is InChI=1S/C13H24I3N3O2/c1-12(2,3)17-11-18(7-9-20-4)5-6-19(11)8-10-21-13(14,15)16/h5-10H2,1-4H3. The molecule has 0 atom stereocenters. The van der Waals surface area contributed by atoms with Crippen LogP contribution in [0.4, 0.5) is 0 Å². The first kappa shape index (κ1) is 20.4. The topological polar surface area (TPSA) is 37.3 Å². The molecule has 5 nitrogen and oxygen atoms in total. The van der Waals surface area contributed by atoms with Crippen LogP contribution in [0.2, 0.25) is 0 Å². The highest BCUT2D eigenvalue weighted by Gasteiger charge is 2.28. The average molecular weight is 635 g/mol. The van der Waals surface area contributed by atoms with Crippen molar-refractivity contribution in [3.63, 3.8) is 0 Å². The zero-order valence-corrected chi connectivity index (χ0v) is 19.5. The monoisotopic (exact) mass is 635 g/mol. The molecule has 0 radical (unpaired) electrons. The highest BCUT2D eigenvalue weighted by Crippen LogP contribution is 2.36. The van der Waals surface area contributed by atoms with E-state index in [9.17, 15) is 0 Å². The molecule has 1 aliphatic heterocycles. The fraction of sp³-hybridized carbons (Fsp3) is 0.923. The summed E-state index contributed by atoms with van der Waals surface area (Å²) in [4.78, 5) is 9.51. The molecule has 0 N–H and O–H groups in total. The molecule has 8 heteroatoms. The molecule has 21 heavy (non-hydrogen) atoms. The smallest absolute Gasteiger partial charge is 0.220 e. The predicted octanol–water partition coefficient (Wildman–Crippen LogP) is 3.34. The van der Waals surface area contributed by atoms with Crippen LogP contribution < -0.4 is 0 Å². The van der Waals surface area contributed by atoms with Crippen LogP contribution in [0.25, 0.3) is 0 Å². The normalized spacial score (nSPS) is 18.9. The first-order valence-corrected chi connectivity index (χ1v) is 10.2. The number of methoxy groups -OCH3 is 1. The molecule has 1 fully saturated rings. The molecule has 0 aromatic rings. The summed E-state index contributed by atoms with van der Waals surface area (Å²) in [6, 6.07) is 0. The van der Waals surface area contributed by atoms with E-state index in [0.717, 1.165) is 38.7 Å². The lowest BCUT2D eigenvalue weighted by atomic mass is 10.1. The number of hydrogen-bond acceptors (Lipinski definition) is 3. The summed E-state index contributed by atoms with van der Waals surface area (Å²) in [6.07, 6.45) is 0. The summed E-state index contributed by atoms with van der Waals surface area (Å²) in [5.74, 6) is 1.07. The van der Waals surface area contributed by atoms with Crippen molar-refractivity contribution in [1.29, 1.82) is 0 Å². The summed E-state index contributed by atoms with van der Waals surface area (Å²) in [6.45, 7) is 11.6. The van der Waals surface area contributed by atoms with Gasteiger partial charge in [0.25, 0.3) is 0 Å². The van der Waals surface area contributed by atoms with Gasteiger partial charge in [0.1, 0.15) is 0 Å². The number of rotatable bonds is 7. The SMILES string of the molecule is COCCN1CCN(CCOC(I)(I)I)C1=NC(C)(C)C. The number of halogens is 3. The Balaban J connectivity index is 2.67. The van der Waals surface area contributed by atoms with Gasteiger partial charge in [-0.1, -0.05) is 0 Å². The van der Waals surface area contributed by atoms with Crippen LogP contribution >= 0.6 is 67.8 Å². The highest BCUT2D eigenvalue weighted by atomic mass is 127. The Labute approximate surface area is 169 Å². The number of alkyl halides is 3. The molecule has 1 heterocycles. The lowest BCUT2D eigenvalue weighted by molar-refractivity contribution is 0.155. The van der Waals surface area contributed by atoms with E-state index in [-0.39, 0.29) is 5.16 Å². The Bertz CT molecular complexity index is 354. The third-order valence-corrected chi connectivity index (χ3v) is 3.77. The Morgan fingerprint density at radius 3 is 2.00 bits per heavy atom. The molecule has 0 aromatic heterocycles. The Morgan fingerprint density at radius 2 is 1.57 bits per heavy atom. The van der Waals surface area contributed by atoms with Gasteiger partial charge in [-0.15, -0.1) is 0 Å². The Morgan fingerprint density at radius 1 is 1.05 bits per heavy atom. The maximum Gasteiger partial charge on any atom is 0.220 e. The second-order valence-corrected chi connectivity index (χ2v) is 16.6. The molecule has 1 saturated heterocycles. The number of ether oxygens (including phenoxy) is 2. The number of guanidine groups is 1. The van der Waals surface area contributed by atoms with Crippen LogP contribution in [0.3, 0.4) is 0 Å². The minimum absolute atomic E-state index is 0.0797. The van der Waals surface area contributed by atoms with Crippen molar-refractivity contribution in [2.45, 2.75) is 25.9 Å². The second-order valence-electron chi connectivity index (χ2n) is 5.84. The van der Waals surface area contributed by atoms with Gasteiger partial charge in [-0.25, -0.2) is 4.99 Å². The maximum absolute atomic E-state index is 5.81. The molecule has 1 aliphatic rings. The van der Waals surface area contributed by atoms with Crippen LogP contribution in [-0.4, -0.2) is 67.4 Å². The molecular weight excluding hydrogens is 611 g/mol. The van der Waals surface area contributed by atoms with Gasteiger partial charge in [-0.3, -0.25) is 0 Å². The van der Waals surface area contributed by atoms with Gasteiger partial charge in [0.2, 0.25) is -0.379 Å². The minimum atomic E-state index is -0.177. The van der Waals surface area contributed by atoms with Crippen LogP contribution in [0, 0.1) is 0 Å². The molecule has 0 unspecified atom stereocenters. The molecule has 0 amide bonds. The Hall–Kier alpha value is 1.38. The van der Waals surface area contributed by atoms with Crippen molar-refractivity contribution < 1.29 is 9.47 Å². The van der Waals surface area contributed by atoms with Crippen molar-refractivity contribution in [2.75, 3.05) is 46.5 Å². The van der Waals surface area contributed by atoms with Gasteiger partial charge in [-0.2, -0.15) is 0 Å². The highest BCUT2D eigenvalue weighted by molar-refractivity contribution is 14.3. The minimum Gasteiger partial charge on any atom is -0.383 e. The molecule has 0 aliphatic carbocycles. The van der Waals surface area contributed by atoms with Crippen LogP contribution in [0.1, 0.15) is 20.8 Å². The maximum atomic E-state index is 5.81. The summed E-state index contributed by atoms with van der Waals surface area (Å²) >= 11 is 6.87. The average Bonchev–Trinajstić information content (AvgIpc) is 2.66. The molecular formula is C13H24I3N3O2. The summed E-state index contributed by atoms with van der Waals surface area (Å²) in [5.41, 5.74) is -0.0797. The largest absolute Gasteiger partial charge is 0.383 e. The van der Waals surface area contributed by atoms with E-state index in [0.29, 0.717) is 6.61 Å². The van der Waals surface area contributed by atoms with Crippen molar-refractivity contribution >= 4 is 73.7 Å². The number of hydrogen-bond donors (Lipinski definition) is 0. The number of aliphatic imine (C=N–C) groups is 1. The quantitative estimate of drug-likeness (QED) is 0.318.